The molecule has 0 aliphatic carbocycles. The lowest BCUT2D eigenvalue weighted by atomic mass is 9.96. The van der Waals surface area contributed by atoms with Crippen LogP contribution >= 0.6 is 11.6 Å². The van der Waals surface area contributed by atoms with Gasteiger partial charge in [-0.15, -0.1) is 0 Å². The fourth-order valence-electron chi connectivity index (χ4n) is 3.38. The number of halogens is 1. The first-order valence-electron chi connectivity index (χ1n) is 9.34. The summed E-state index contributed by atoms with van der Waals surface area (Å²) in [4.78, 5) is 12.9. The SMILES string of the molecule is Cc1ccc2[n+](c1)CC(C(=O)c1ccc(OCc3ccc(Cl)cc3)cc1)CN2. The Balaban J connectivity index is 1.39. The molecule has 0 bridgehead atoms. The number of nitrogens with zero attached hydrogens (tertiary/aromatic N) is 1. The summed E-state index contributed by atoms with van der Waals surface area (Å²) in [7, 11) is 0. The van der Waals surface area contributed by atoms with Crippen LogP contribution in [-0.4, -0.2) is 12.3 Å². The summed E-state index contributed by atoms with van der Waals surface area (Å²) in [6.45, 7) is 3.86. The Kier molecular flexibility index (Phi) is 5.31. The maximum atomic E-state index is 12.9. The van der Waals surface area contributed by atoms with Gasteiger partial charge >= 0.3 is 0 Å². The Morgan fingerprint density at radius 2 is 1.86 bits per heavy atom. The average Bonchev–Trinajstić information content (AvgIpc) is 2.72. The van der Waals surface area contributed by atoms with Crippen molar-refractivity contribution >= 4 is 23.2 Å². The molecule has 0 fully saturated rings. The standard InChI is InChI=1S/C23H21ClN2O2/c1-16-2-11-22-25-12-19(14-26(22)13-16)23(27)18-5-9-21(10-6-18)28-15-17-3-7-20(24)8-4-17/h2-11,13,19H,12,14-15H2,1H3/p+1. The van der Waals surface area contributed by atoms with Gasteiger partial charge < -0.3 is 4.74 Å². The number of fused-ring (bicyclic) bond motifs is 1. The molecule has 1 atom stereocenters. The van der Waals surface area contributed by atoms with Gasteiger partial charge in [-0.25, -0.2) is 4.57 Å². The van der Waals surface area contributed by atoms with Crippen molar-refractivity contribution in [3.8, 4) is 5.75 Å². The first-order valence-corrected chi connectivity index (χ1v) is 9.72. The third kappa shape index (κ3) is 4.18. The van der Waals surface area contributed by atoms with Crippen molar-refractivity contribution in [3.05, 3.63) is 88.6 Å². The summed E-state index contributed by atoms with van der Waals surface area (Å²) in [6.07, 6.45) is 2.08. The molecule has 0 amide bonds. The first kappa shape index (κ1) is 18.5. The van der Waals surface area contributed by atoms with Gasteiger partial charge in [0.2, 0.25) is 0 Å². The Hall–Kier alpha value is -2.85. The highest BCUT2D eigenvalue weighted by molar-refractivity contribution is 6.30. The molecule has 3 aromatic rings. The van der Waals surface area contributed by atoms with E-state index in [0.29, 0.717) is 30.3 Å². The molecular weight excluding hydrogens is 372 g/mol. The van der Waals surface area contributed by atoms with Crippen molar-refractivity contribution in [3.63, 3.8) is 0 Å². The normalized spacial score (nSPS) is 15.4. The highest BCUT2D eigenvalue weighted by Crippen LogP contribution is 2.20. The molecule has 2 heterocycles. The van der Waals surface area contributed by atoms with Crippen LogP contribution in [0.25, 0.3) is 0 Å². The summed E-state index contributed by atoms with van der Waals surface area (Å²) < 4.78 is 7.92. The number of aryl methyl sites for hydroxylation is 1. The predicted octanol–water partition coefficient (Wildman–Crippen LogP) is 4.44. The third-order valence-electron chi connectivity index (χ3n) is 4.95. The Bertz CT molecular complexity index is 984. The third-order valence-corrected chi connectivity index (χ3v) is 5.20. The molecule has 1 aromatic heterocycles. The fourth-order valence-corrected chi connectivity index (χ4v) is 3.51. The number of Topliss-reactive ketones (excluding diaryl/α,β-unsaturated/α-hetero) is 1. The van der Waals surface area contributed by atoms with Crippen LogP contribution in [0.4, 0.5) is 5.82 Å². The summed E-state index contributed by atoms with van der Waals surface area (Å²) in [5, 5.41) is 4.06. The van der Waals surface area contributed by atoms with Crippen molar-refractivity contribution in [1.29, 1.82) is 0 Å². The Morgan fingerprint density at radius 3 is 2.61 bits per heavy atom. The van der Waals surface area contributed by atoms with Gasteiger partial charge in [0.15, 0.2) is 5.78 Å². The maximum Gasteiger partial charge on any atom is 0.274 e. The number of carbonyl (C=O) groups excluding carboxylic acids is 1. The molecule has 142 valence electrons. The van der Waals surface area contributed by atoms with Gasteiger partial charge in [0.05, 0.1) is 18.7 Å². The minimum atomic E-state index is -0.0832. The number of pyridine rings is 1. The lowest BCUT2D eigenvalue weighted by Gasteiger charge is -2.20. The first-order chi connectivity index (χ1) is 13.6. The monoisotopic (exact) mass is 393 g/mol. The molecule has 0 spiro atoms. The summed E-state index contributed by atoms with van der Waals surface area (Å²) >= 11 is 5.90. The predicted molar refractivity (Wildman–Crippen MR) is 110 cm³/mol. The molecule has 28 heavy (non-hydrogen) atoms. The lowest BCUT2D eigenvalue weighted by molar-refractivity contribution is -0.690. The van der Waals surface area contributed by atoms with Crippen LogP contribution in [0.15, 0.2) is 66.9 Å². The van der Waals surface area contributed by atoms with E-state index in [1.54, 1.807) is 0 Å². The molecule has 1 N–H and O–H groups in total. The number of hydrogen-bond donors (Lipinski definition) is 1. The number of hydrogen-bond acceptors (Lipinski definition) is 3. The van der Waals surface area contributed by atoms with E-state index in [9.17, 15) is 4.79 Å². The van der Waals surface area contributed by atoms with E-state index in [1.807, 2.05) is 48.5 Å². The van der Waals surface area contributed by atoms with Crippen molar-refractivity contribution in [2.45, 2.75) is 20.1 Å². The van der Waals surface area contributed by atoms with Crippen molar-refractivity contribution < 1.29 is 14.1 Å². The Labute approximate surface area is 169 Å². The number of benzene rings is 2. The smallest absolute Gasteiger partial charge is 0.274 e. The zero-order valence-electron chi connectivity index (χ0n) is 15.7. The molecule has 0 saturated carbocycles. The number of ketones is 1. The van der Waals surface area contributed by atoms with E-state index in [0.717, 1.165) is 17.1 Å². The van der Waals surface area contributed by atoms with Gasteiger partial charge in [-0.1, -0.05) is 23.7 Å². The van der Waals surface area contributed by atoms with Crippen LogP contribution in [0.5, 0.6) is 5.75 Å². The zero-order valence-corrected chi connectivity index (χ0v) is 16.4. The van der Waals surface area contributed by atoms with Gasteiger partial charge in [-0.05, 0) is 60.5 Å². The molecule has 4 rings (SSSR count). The molecule has 2 aromatic carbocycles. The summed E-state index contributed by atoms with van der Waals surface area (Å²) in [5.41, 5.74) is 2.94. The van der Waals surface area contributed by atoms with E-state index in [2.05, 4.69) is 35.1 Å². The largest absolute Gasteiger partial charge is 0.489 e. The van der Waals surface area contributed by atoms with E-state index >= 15 is 0 Å². The van der Waals surface area contributed by atoms with Crippen molar-refractivity contribution in [2.24, 2.45) is 5.92 Å². The number of carbonyl (C=O) groups is 1. The second-order valence-electron chi connectivity index (χ2n) is 7.13. The second-order valence-corrected chi connectivity index (χ2v) is 7.56. The Morgan fingerprint density at radius 1 is 1.11 bits per heavy atom. The van der Waals surface area contributed by atoms with Gasteiger partial charge in [-0.3, -0.25) is 10.1 Å². The lowest BCUT2D eigenvalue weighted by Crippen LogP contribution is -2.49. The van der Waals surface area contributed by atoms with Gasteiger partial charge in [0, 0.05) is 16.7 Å². The molecule has 1 aliphatic rings. The highest BCUT2D eigenvalue weighted by Gasteiger charge is 2.30. The molecule has 0 radical (unpaired) electrons. The zero-order chi connectivity index (χ0) is 19.5. The number of rotatable bonds is 5. The quantitative estimate of drug-likeness (QED) is 0.514. The van der Waals surface area contributed by atoms with E-state index < -0.39 is 0 Å². The van der Waals surface area contributed by atoms with Gasteiger partial charge in [-0.2, -0.15) is 0 Å². The molecule has 5 heteroatoms. The average molecular weight is 394 g/mol. The molecular formula is C23H22ClN2O2+. The van der Waals surface area contributed by atoms with Crippen LogP contribution < -0.4 is 14.6 Å². The molecule has 1 aliphatic heterocycles. The van der Waals surface area contributed by atoms with Crippen LogP contribution in [0.1, 0.15) is 21.5 Å². The summed E-state index contributed by atoms with van der Waals surface area (Å²) in [5.74, 6) is 1.86. The summed E-state index contributed by atoms with van der Waals surface area (Å²) in [6, 6.07) is 19.1. The number of anilines is 1. The minimum absolute atomic E-state index is 0.0832. The minimum Gasteiger partial charge on any atom is -0.489 e. The maximum absolute atomic E-state index is 12.9. The van der Waals surface area contributed by atoms with E-state index in [-0.39, 0.29) is 11.7 Å². The van der Waals surface area contributed by atoms with E-state index in [4.69, 9.17) is 16.3 Å². The van der Waals surface area contributed by atoms with Crippen LogP contribution in [0, 0.1) is 12.8 Å². The van der Waals surface area contributed by atoms with Crippen molar-refractivity contribution in [1.82, 2.24) is 0 Å². The van der Waals surface area contributed by atoms with E-state index in [1.165, 1.54) is 5.56 Å². The van der Waals surface area contributed by atoms with Crippen LogP contribution in [0.2, 0.25) is 5.02 Å². The van der Waals surface area contributed by atoms with Gasteiger partial charge in [0.1, 0.15) is 18.9 Å². The van der Waals surface area contributed by atoms with Crippen LogP contribution in [-0.2, 0) is 13.2 Å². The molecule has 4 nitrogen and oxygen atoms in total. The highest BCUT2D eigenvalue weighted by atomic mass is 35.5. The molecule has 1 unspecified atom stereocenters. The number of ether oxygens (including phenoxy) is 1. The van der Waals surface area contributed by atoms with Gasteiger partial charge in [0.25, 0.3) is 5.82 Å². The number of aromatic nitrogens is 1. The molecule has 0 saturated heterocycles. The number of nitrogens with one attached hydrogen (secondary N) is 1. The second kappa shape index (κ2) is 8.03. The fraction of sp³-hybridized carbons (Fsp3) is 0.217. The van der Waals surface area contributed by atoms with Crippen LogP contribution in [0.3, 0.4) is 0 Å². The van der Waals surface area contributed by atoms with Crippen molar-refractivity contribution in [2.75, 3.05) is 11.9 Å². The topological polar surface area (TPSA) is 42.2 Å².